The Hall–Kier alpha value is -3.98. The summed E-state index contributed by atoms with van der Waals surface area (Å²) in [6.45, 7) is 5.61. The lowest BCUT2D eigenvalue weighted by Crippen LogP contribution is -2.29. The molecule has 34 heavy (non-hydrogen) atoms. The summed E-state index contributed by atoms with van der Waals surface area (Å²) in [6, 6.07) is 13.0. The highest BCUT2D eigenvalue weighted by Gasteiger charge is 2.18. The van der Waals surface area contributed by atoms with E-state index >= 15 is 0 Å². The number of nitro benzene ring substituents is 1. The number of aromatic nitrogens is 2. The van der Waals surface area contributed by atoms with Crippen molar-refractivity contribution in [3.63, 3.8) is 0 Å². The summed E-state index contributed by atoms with van der Waals surface area (Å²) >= 11 is 6.24. The molecular weight excluding hydrogens is 460 g/mol. The second kappa shape index (κ2) is 10.8. The summed E-state index contributed by atoms with van der Waals surface area (Å²) in [5.41, 5.74) is 3.33. The van der Waals surface area contributed by atoms with Crippen molar-refractivity contribution in [2.24, 2.45) is 0 Å². The number of rotatable bonds is 8. The Morgan fingerprint density at radius 3 is 2.68 bits per heavy atom. The van der Waals surface area contributed by atoms with Crippen molar-refractivity contribution in [2.45, 2.75) is 33.4 Å². The van der Waals surface area contributed by atoms with Crippen LogP contribution in [0.1, 0.15) is 29.4 Å². The average molecular weight is 483 g/mol. The monoisotopic (exact) mass is 482 g/mol. The van der Waals surface area contributed by atoms with Crippen molar-refractivity contribution in [2.75, 3.05) is 5.32 Å². The van der Waals surface area contributed by atoms with Crippen molar-refractivity contribution in [1.82, 2.24) is 9.78 Å². The van der Waals surface area contributed by atoms with Gasteiger partial charge in [0.15, 0.2) is 6.10 Å². The quantitative estimate of drug-likeness (QED) is 0.215. The lowest BCUT2D eigenvalue weighted by atomic mass is 10.1. The molecule has 0 aliphatic carbocycles. The number of nitrogens with one attached hydrogen (secondary N) is 1. The van der Waals surface area contributed by atoms with Gasteiger partial charge in [-0.05, 0) is 44.5 Å². The minimum Gasteiger partial charge on any atom is -0.449 e. The third-order valence-electron chi connectivity index (χ3n) is 5.09. The highest BCUT2D eigenvalue weighted by molar-refractivity contribution is 6.31. The lowest BCUT2D eigenvalue weighted by molar-refractivity contribution is -0.384. The zero-order valence-electron chi connectivity index (χ0n) is 18.8. The molecule has 0 spiro atoms. The maximum Gasteiger partial charge on any atom is 0.331 e. The van der Waals surface area contributed by atoms with Gasteiger partial charge in [-0.3, -0.25) is 19.6 Å². The van der Waals surface area contributed by atoms with Crippen LogP contribution in [0.5, 0.6) is 0 Å². The van der Waals surface area contributed by atoms with Crippen molar-refractivity contribution in [1.29, 1.82) is 0 Å². The van der Waals surface area contributed by atoms with E-state index in [4.69, 9.17) is 16.3 Å². The first-order valence-electron chi connectivity index (χ1n) is 10.4. The number of carbonyl (C=O) groups is 2. The molecule has 1 N–H and O–H groups in total. The van der Waals surface area contributed by atoms with Gasteiger partial charge in [0, 0.05) is 40.2 Å². The van der Waals surface area contributed by atoms with Crippen LogP contribution in [0.25, 0.3) is 6.08 Å². The predicted molar refractivity (Wildman–Crippen MR) is 129 cm³/mol. The van der Waals surface area contributed by atoms with E-state index in [1.807, 2.05) is 38.1 Å². The van der Waals surface area contributed by atoms with Crippen LogP contribution in [0.2, 0.25) is 5.02 Å². The van der Waals surface area contributed by atoms with E-state index in [-0.39, 0.29) is 11.4 Å². The molecular formula is C24H23ClN4O5. The first-order valence-corrected chi connectivity index (χ1v) is 10.7. The molecule has 0 saturated carbocycles. The Balaban J connectivity index is 1.62. The molecule has 0 saturated heterocycles. The number of carbonyl (C=O) groups excluding carboxylic acids is 2. The standard InChI is InChI=1S/C24H23ClN4O5/c1-15-21(16(2)28(27-15)14-18-7-4-5-10-22(18)25)11-12-23(30)34-17(3)24(31)26-19-8-6-9-20(13-19)29(32)33/h4-13,17H,14H2,1-3H3,(H,26,31)/b12-11+. The summed E-state index contributed by atoms with van der Waals surface area (Å²) in [5.74, 6) is -1.32. The fourth-order valence-corrected chi connectivity index (χ4v) is 3.45. The van der Waals surface area contributed by atoms with E-state index in [2.05, 4.69) is 10.4 Å². The average Bonchev–Trinajstić information content (AvgIpc) is 3.06. The molecule has 1 amide bonds. The van der Waals surface area contributed by atoms with Gasteiger partial charge in [0.1, 0.15) is 0 Å². The van der Waals surface area contributed by atoms with Gasteiger partial charge in [-0.1, -0.05) is 35.9 Å². The van der Waals surface area contributed by atoms with E-state index in [9.17, 15) is 19.7 Å². The lowest BCUT2D eigenvalue weighted by Gasteiger charge is -2.12. The smallest absolute Gasteiger partial charge is 0.331 e. The number of nitrogens with zero attached hydrogens (tertiary/aromatic N) is 3. The van der Waals surface area contributed by atoms with Crippen LogP contribution in [0.3, 0.4) is 0 Å². The van der Waals surface area contributed by atoms with Gasteiger partial charge in [0.05, 0.1) is 17.2 Å². The van der Waals surface area contributed by atoms with Crippen molar-refractivity contribution in [3.05, 3.63) is 92.3 Å². The predicted octanol–water partition coefficient (Wildman–Crippen LogP) is 4.69. The van der Waals surface area contributed by atoms with Gasteiger partial charge in [0.2, 0.25) is 0 Å². The number of non-ortho nitro benzene ring substituents is 1. The van der Waals surface area contributed by atoms with Crippen LogP contribution in [0.15, 0.2) is 54.6 Å². The molecule has 0 radical (unpaired) electrons. The highest BCUT2D eigenvalue weighted by Crippen LogP contribution is 2.21. The third-order valence-corrected chi connectivity index (χ3v) is 5.46. The van der Waals surface area contributed by atoms with Crippen LogP contribution in [-0.2, 0) is 20.9 Å². The number of ether oxygens (including phenoxy) is 1. The van der Waals surface area contributed by atoms with Gasteiger partial charge in [-0.2, -0.15) is 5.10 Å². The SMILES string of the molecule is Cc1nn(Cc2ccccc2Cl)c(C)c1/C=C/C(=O)OC(C)C(=O)Nc1cccc([N+](=O)[O-])c1. The van der Waals surface area contributed by atoms with E-state index in [1.165, 1.54) is 37.3 Å². The molecule has 0 aliphatic rings. The minimum absolute atomic E-state index is 0.161. The Kier molecular flexibility index (Phi) is 7.80. The van der Waals surface area contributed by atoms with Gasteiger partial charge in [-0.25, -0.2) is 4.79 Å². The number of amides is 1. The molecule has 3 rings (SSSR count). The summed E-state index contributed by atoms with van der Waals surface area (Å²) < 4.78 is 6.97. The van der Waals surface area contributed by atoms with Gasteiger partial charge in [0.25, 0.3) is 11.6 Å². The fraction of sp³-hybridized carbons (Fsp3) is 0.208. The number of anilines is 1. The number of hydrogen-bond donors (Lipinski definition) is 1. The summed E-state index contributed by atoms with van der Waals surface area (Å²) in [4.78, 5) is 34.9. The van der Waals surface area contributed by atoms with E-state index < -0.39 is 22.9 Å². The largest absolute Gasteiger partial charge is 0.449 e. The second-order valence-electron chi connectivity index (χ2n) is 7.54. The van der Waals surface area contributed by atoms with Crippen molar-refractivity contribution in [3.8, 4) is 0 Å². The van der Waals surface area contributed by atoms with E-state index in [1.54, 1.807) is 10.8 Å². The fourth-order valence-electron chi connectivity index (χ4n) is 3.25. The second-order valence-corrected chi connectivity index (χ2v) is 7.95. The molecule has 9 nitrogen and oxygen atoms in total. The maximum atomic E-state index is 12.3. The van der Waals surface area contributed by atoms with Gasteiger partial charge >= 0.3 is 5.97 Å². The molecule has 3 aromatic rings. The Morgan fingerprint density at radius 1 is 1.24 bits per heavy atom. The van der Waals surface area contributed by atoms with E-state index in [0.29, 0.717) is 11.6 Å². The number of aryl methyl sites for hydroxylation is 1. The third kappa shape index (κ3) is 6.08. The highest BCUT2D eigenvalue weighted by atomic mass is 35.5. The van der Waals surface area contributed by atoms with Gasteiger partial charge < -0.3 is 10.1 Å². The summed E-state index contributed by atoms with van der Waals surface area (Å²) in [7, 11) is 0. The molecule has 2 aromatic carbocycles. The summed E-state index contributed by atoms with van der Waals surface area (Å²) in [5, 5.41) is 18.5. The first-order chi connectivity index (χ1) is 16.2. The topological polar surface area (TPSA) is 116 Å². The molecule has 0 fully saturated rings. The van der Waals surface area contributed by atoms with Crippen LogP contribution in [0.4, 0.5) is 11.4 Å². The molecule has 1 atom stereocenters. The molecule has 1 aromatic heterocycles. The van der Waals surface area contributed by atoms with Crippen LogP contribution < -0.4 is 5.32 Å². The van der Waals surface area contributed by atoms with Crippen molar-refractivity contribution < 1.29 is 19.2 Å². The Labute approximate surface area is 201 Å². The zero-order valence-corrected chi connectivity index (χ0v) is 19.6. The molecule has 0 aliphatic heterocycles. The number of benzene rings is 2. The first kappa shape index (κ1) is 24.7. The van der Waals surface area contributed by atoms with E-state index in [0.717, 1.165) is 22.5 Å². The van der Waals surface area contributed by atoms with Gasteiger partial charge in [-0.15, -0.1) is 0 Å². The normalized spacial score (nSPS) is 11.9. The summed E-state index contributed by atoms with van der Waals surface area (Å²) in [6.07, 6.45) is 1.71. The maximum absolute atomic E-state index is 12.3. The number of hydrogen-bond acceptors (Lipinski definition) is 6. The van der Waals surface area contributed by atoms with Crippen molar-refractivity contribution >= 4 is 40.9 Å². The Morgan fingerprint density at radius 2 is 1.97 bits per heavy atom. The Bertz CT molecular complexity index is 1270. The molecule has 1 heterocycles. The molecule has 176 valence electrons. The zero-order chi connectivity index (χ0) is 24.8. The minimum atomic E-state index is -1.11. The van der Waals surface area contributed by atoms with Crippen LogP contribution in [-0.4, -0.2) is 32.7 Å². The number of halogens is 1. The van der Waals surface area contributed by atoms with Crippen LogP contribution in [0, 0.1) is 24.0 Å². The number of esters is 1. The number of nitro groups is 1. The molecule has 10 heteroatoms. The molecule has 0 bridgehead atoms. The molecule has 1 unspecified atom stereocenters. The van der Waals surface area contributed by atoms with Crippen LogP contribution >= 0.6 is 11.6 Å².